The normalized spacial score (nSPS) is 13.9. The molecule has 0 saturated heterocycles. The van der Waals surface area contributed by atoms with Crippen LogP contribution in [0, 0.1) is 0 Å². The number of nitrogens with one attached hydrogen (secondary N) is 1. The molecule has 0 fully saturated rings. The highest BCUT2D eigenvalue weighted by Gasteiger charge is 2.31. The fourth-order valence-electron chi connectivity index (χ4n) is 3.20. The van der Waals surface area contributed by atoms with E-state index in [1.807, 2.05) is 0 Å². The number of methoxy groups -OCH3 is 2. The lowest BCUT2D eigenvalue weighted by atomic mass is 10.1. The lowest BCUT2D eigenvalue weighted by Gasteiger charge is -2.16. The van der Waals surface area contributed by atoms with Crippen LogP contribution < -0.4 is 14.8 Å². The number of ether oxygens (including phenoxy) is 2. The smallest absolute Gasteiger partial charge is 0.265 e. The summed E-state index contributed by atoms with van der Waals surface area (Å²) in [5, 5.41) is 3.17. The Labute approximate surface area is 177 Å². The number of anilines is 1. The summed E-state index contributed by atoms with van der Waals surface area (Å²) >= 11 is 7.23. The second-order valence-corrected chi connectivity index (χ2v) is 9.83. The number of hydrogen-bond donors (Lipinski definition) is 1. The number of thiophene rings is 1. The standard InChI is InChI=1S/C20H16ClNO5S2/c1-26-13-4-6-16(27-2)15(9-13)22-20(23)17-7-11-10-29(24,25)18-8-12(21)3-5-14(18)19(11)28-17/h3-9H,10H2,1-2H3,(H,22,23). The molecule has 1 aliphatic heterocycles. The van der Waals surface area contributed by atoms with Gasteiger partial charge in [0.25, 0.3) is 5.91 Å². The summed E-state index contributed by atoms with van der Waals surface area (Å²) in [4.78, 5) is 14.2. The van der Waals surface area contributed by atoms with Crippen molar-refractivity contribution in [2.24, 2.45) is 0 Å². The summed E-state index contributed by atoms with van der Waals surface area (Å²) in [5.74, 6) is 0.539. The molecule has 1 aromatic heterocycles. The highest BCUT2D eigenvalue weighted by molar-refractivity contribution is 7.91. The summed E-state index contributed by atoms with van der Waals surface area (Å²) < 4.78 is 35.7. The fourth-order valence-corrected chi connectivity index (χ4v) is 6.31. The number of rotatable bonds is 4. The van der Waals surface area contributed by atoms with Gasteiger partial charge in [0.15, 0.2) is 9.84 Å². The minimum atomic E-state index is -3.51. The predicted molar refractivity (Wildman–Crippen MR) is 113 cm³/mol. The highest BCUT2D eigenvalue weighted by Crippen LogP contribution is 2.44. The van der Waals surface area contributed by atoms with Crippen molar-refractivity contribution in [1.29, 1.82) is 0 Å². The molecule has 1 N–H and O–H groups in total. The van der Waals surface area contributed by atoms with E-state index < -0.39 is 9.84 Å². The molecule has 3 aromatic rings. The molecule has 0 bridgehead atoms. The van der Waals surface area contributed by atoms with Crippen LogP contribution in [-0.4, -0.2) is 28.5 Å². The van der Waals surface area contributed by atoms with Crippen LogP contribution in [0.2, 0.25) is 5.02 Å². The van der Waals surface area contributed by atoms with Crippen molar-refractivity contribution < 1.29 is 22.7 Å². The molecule has 0 atom stereocenters. The van der Waals surface area contributed by atoms with Crippen molar-refractivity contribution in [3.05, 3.63) is 57.9 Å². The fraction of sp³-hybridized carbons (Fsp3) is 0.150. The second-order valence-electron chi connectivity index (χ2n) is 6.38. The van der Waals surface area contributed by atoms with Gasteiger partial charge in [-0.3, -0.25) is 4.79 Å². The predicted octanol–water partition coefficient (Wildman–Crippen LogP) is 4.63. The molecular weight excluding hydrogens is 434 g/mol. The van der Waals surface area contributed by atoms with Crippen LogP contribution in [0.3, 0.4) is 0 Å². The molecule has 0 spiro atoms. The Bertz CT molecular complexity index is 1230. The largest absolute Gasteiger partial charge is 0.497 e. The number of carbonyl (C=O) groups is 1. The monoisotopic (exact) mass is 449 g/mol. The summed E-state index contributed by atoms with van der Waals surface area (Å²) in [6.45, 7) is 0. The molecule has 1 amide bonds. The van der Waals surface area contributed by atoms with Gasteiger partial charge in [0.2, 0.25) is 0 Å². The summed E-state index contributed by atoms with van der Waals surface area (Å²) in [6, 6.07) is 11.5. The van der Waals surface area contributed by atoms with Gasteiger partial charge in [0.05, 0.1) is 35.4 Å². The SMILES string of the molecule is COc1ccc(OC)c(NC(=O)c2cc3c(s2)-c2ccc(Cl)cc2S(=O)(=O)C3)c1. The topological polar surface area (TPSA) is 81.7 Å². The molecule has 0 saturated carbocycles. The molecule has 0 aliphatic carbocycles. The molecule has 0 radical (unpaired) electrons. The van der Waals surface area contributed by atoms with Crippen molar-refractivity contribution in [1.82, 2.24) is 0 Å². The molecule has 29 heavy (non-hydrogen) atoms. The van der Waals surface area contributed by atoms with Crippen molar-refractivity contribution in [2.75, 3.05) is 19.5 Å². The van der Waals surface area contributed by atoms with Crippen molar-refractivity contribution in [3.8, 4) is 21.9 Å². The van der Waals surface area contributed by atoms with Crippen LogP contribution in [-0.2, 0) is 15.6 Å². The van der Waals surface area contributed by atoms with Gasteiger partial charge in [-0.15, -0.1) is 11.3 Å². The Morgan fingerprint density at radius 3 is 2.62 bits per heavy atom. The average Bonchev–Trinajstić information content (AvgIpc) is 3.11. The number of sulfone groups is 1. The van der Waals surface area contributed by atoms with Crippen molar-refractivity contribution >= 4 is 44.4 Å². The Kier molecular flexibility index (Phi) is 5.02. The van der Waals surface area contributed by atoms with E-state index in [1.165, 1.54) is 31.6 Å². The van der Waals surface area contributed by atoms with Crippen LogP contribution >= 0.6 is 22.9 Å². The Morgan fingerprint density at radius 1 is 1.10 bits per heavy atom. The van der Waals surface area contributed by atoms with Gasteiger partial charge in [0.1, 0.15) is 11.5 Å². The Hall–Kier alpha value is -2.55. The van der Waals surface area contributed by atoms with E-state index in [2.05, 4.69) is 5.32 Å². The lowest BCUT2D eigenvalue weighted by molar-refractivity contribution is 0.103. The molecule has 2 heterocycles. The third-order valence-corrected chi connectivity index (χ3v) is 7.70. The highest BCUT2D eigenvalue weighted by atomic mass is 35.5. The summed E-state index contributed by atoms with van der Waals surface area (Å²) in [7, 11) is -0.474. The van der Waals surface area contributed by atoms with E-state index in [4.69, 9.17) is 21.1 Å². The van der Waals surface area contributed by atoms with Crippen molar-refractivity contribution in [3.63, 3.8) is 0 Å². The van der Waals surface area contributed by atoms with Crippen LogP contribution in [0.25, 0.3) is 10.4 Å². The summed E-state index contributed by atoms with van der Waals surface area (Å²) in [5.41, 5.74) is 1.63. The maximum absolute atomic E-state index is 12.9. The van der Waals surface area contributed by atoms with E-state index in [1.54, 1.807) is 36.4 Å². The quantitative estimate of drug-likeness (QED) is 0.628. The number of halogens is 1. The van der Waals surface area contributed by atoms with Crippen LogP contribution in [0.15, 0.2) is 47.4 Å². The molecule has 2 aromatic carbocycles. The second kappa shape index (κ2) is 7.37. The van der Waals surface area contributed by atoms with Gasteiger partial charge in [-0.2, -0.15) is 0 Å². The zero-order chi connectivity index (χ0) is 20.8. The first-order chi connectivity index (χ1) is 13.8. The Morgan fingerprint density at radius 2 is 1.90 bits per heavy atom. The number of fused-ring (bicyclic) bond motifs is 3. The number of amides is 1. The van der Waals surface area contributed by atoms with Gasteiger partial charge in [-0.25, -0.2) is 8.42 Å². The van der Waals surface area contributed by atoms with E-state index in [9.17, 15) is 13.2 Å². The minimum absolute atomic E-state index is 0.165. The average molecular weight is 450 g/mol. The van der Waals surface area contributed by atoms with E-state index in [0.29, 0.717) is 38.2 Å². The first kappa shape index (κ1) is 19.8. The first-order valence-corrected chi connectivity index (χ1v) is 11.4. The molecule has 1 aliphatic rings. The summed E-state index contributed by atoms with van der Waals surface area (Å²) in [6.07, 6.45) is 0. The molecule has 4 rings (SSSR count). The Balaban J connectivity index is 1.71. The molecule has 150 valence electrons. The lowest BCUT2D eigenvalue weighted by Crippen LogP contribution is -2.12. The van der Waals surface area contributed by atoms with E-state index >= 15 is 0 Å². The maximum Gasteiger partial charge on any atom is 0.265 e. The van der Waals surface area contributed by atoms with Gasteiger partial charge >= 0.3 is 0 Å². The van der Waals surface area contributed by atoms with E-state index in [-0.39, 0.29) is 16.6 Å². The van der Waals surface area contributed by atoms with Gasteiger partial charge in [-0.1, -0.05) is 17.7 Å². The van der Waals surface area contributed by atoms with Crippen LogP contribution in [0.1, 0.15) is 15.2 Å². The molecule has 6 nitrogen and oxygen atoms in total. The number of benzene rings is 2. The molecule has 9 heteroatoms. The number of hydrogen-bond acceptors (Lipinski definition) is 6. The number of carbonyl (C=O) groups excluding carboxylic acids is 1. The third-order valence-electron chi connectivity index (χ3n) is 4.56. The molecular formula is C20H16ClNO5S2. The van der Waals surface area contributed by atoms with Gasteiger partial charge < -0.3 is 14.8 Å². The zero-order valence-electron chi connectivity index (χ0n) is 15.5. The first-order valence-electron chi connectivity index (χ1n) is 8.51. The maximum atomic E-state index is 12.9. The molecule has 0 unspecified atom stereocenters. The van der Waals surface area contributed by atoms with Gasteiger partial charge in [-0.05, 0) is 35.9 Å². The van der Waals surface area contributed by atoms with Crippen LogP contribution in [0.4, 0.5) is 5.69 Å². The minimum Gasteiger partial charge on any atom is -0.497 e. The zero-order valence-corrected chi connectivity index (χ0v) is 17.9. The van der Waals surface area contributed by atoms with E-state index in [0.717, 1.165) is 4.88 Å². The van der Waals surface area contributed by atoms with Crippen molar-refractivity contribution in [2.45, 2.75) is 10.6 Å². The van der Waals surface area contributed by atoms with Crippen LogP contribution in [0.5, 0.6) is 11.5 Å². The van der Waals surface area contributed by atoms with Gasteiger partial charge in [0, 0.05) is 21.5 Å². The third kappa shape index (κ3) is 3.59.